The van der Waals surface area contributed by atoms with Crippen molar-refractivity contribution in [1.82, 2.24) is 25.5 Å². The molecular weight excluding hydrogens is 500 g/mol. The third kappa shape index (κ3) is 7.52. The van der Waals surface area contributed by atoms with Crippen molar-refractivity contribution in [3.63, 3.8) is 0 Å². The lowest BCUT2D eigenvalue weighted by Gasteiger charge is -2.29. The second-order valence-corrected chi connectivity index (χ2v) is 9.01. The van der Waals surface area contributed by atoms with Crippen molar-refractivity contribution in [2.45, 2.75) is 56.3 Å². The number of carboxylic acid groups (broad SMARTS) is 2. The summed E-state index contributed by atoms with van der Waals surface area (Å²) in [5.74, 6) is -4.82. The molecule has 204 valence electrons. The number of phenols is 1. The smallest absolute Gasteiger partial charge is 0.326 e. The molecule has 3 rings (SSSR count). The van der Waals surface area contributed by atoms with Crippen LogP contribution in [0.5, 0.6) is 5.75 Å². The number of benzene rings is 1. The van der Waals surface area contributed by atoms with Gasteiger partial charge in [-0.05, 0) is 37.0 Å². The van der Waals surface area contributed by atoms with E-state index in [1.54, 1.807) is 12.1 Å². The number of aromatic amines is 1. The number of imidazole rings is 1. The zero-order valence-electron chi connectivity index (χ0n) is 20.4. The number of H-pyrrole nitrogens is 1. The standard InChI is InChI=1S/C24H30N6O8/c25-16(8-13-3-5-15(31)6-4-13)21(34)28-17(9-14-11-26-12-27-14)23(36)30-7-1-2-19(30)22(35)29-18(24(37)38)10-20(32)33/h3-6,11-12,16-19,31H,1-2,7-10,25H2,(H,26,27)(H,28,34)(H,29,35)(H,32,33)(H,37,38). The van der Waals surface area contributed by atoms with Crippen molar-refractivity contribution in [2.24, 2.45) is 5.73 Å². The first-order chi connectivity index (χ1) is 18.0. The Morgan fingerprint density at radius 2 is 1.79 bits per heavy atom. The van der Waals surface area contributed by atoms with Crippen LogP contribution in [0.2, 0.25) is 0 Å². The van der Waals surface area contributed by atoms with Crippen LogP contribution in [0.25, 0.3) is 0 Å². The third-order valence-electron chi connectivity index (χ3n) is 6.15. The Hall–Kier alpha value is -4.46. The van der Waals surface area contributed by atoms with E-state index in [-0.39, 0.29) is 31.6 Å². The second kappa shape index (κ2) is 12.7. The van der Waals surface area contributed by atoms with Gasteiger partial charge in [0.25, 0.3) is 0 Å². The molecule has 3 amide bonds. The molecule has 0 radical (unpaired) electrons. The van der Waals surface area contributed by atoms with E-state index in [2.05, 4.69) is 20.6 Å². The fourth-order valence-electron chi connectivity index (χ4n) is 4.22. The van der Waals surface area contributed by atoms with Crippen LogP contribution in [0, 0.1) is 0 Å². The van der Waals surface area contributed by atoms with Crippen molar-refractivity contribution in [2.75, 3.05) is 6.54 Å². The molecule has 1 aliphatic rings. The lowest BCUT2D eigenvalue weighted by atomic mass is 10.0. The molecule has 1 fully saturated rings. The average molecular weight is 531 g/mol. The molecule has 1 aliphatic heterocycles. The van der Waals surface area contributed by atoms with Gasteiger partial charge < -0.3 is 41.6 Å². The monoisotopic (exact) mass is 530 g/mol. The van der Waals surface area contributed by atoms with Crippen LogP contribution in [0.3, 0.4) is 0 Å². The molecule has 2 heterocycles. The van der Waals surface area contributed by atoms with Crippen molar-refractivity contribution in [3.05, 3.63) is 48.0 Å². The van der Waals surface area contributed by atoms with Crippen LogP contribution >= 0.6 is 0 Å². The first-order valence-corrected chi connectivity index (χ1v) is 11.9. The lowest BCUT2D eigenvalue weighted by molar-refractivity contribution is -0.148. The molecule has 0 saturated carbocycles. The summed E-state index contributed by atoms with van der Waals surface area (Å²) in [6, 6.07) is 1.36. The first kappa shape index (κ1) is 28.1. The second-order valence-electron chi connectivity index (χ2n) is 9.01. The Labute approximate surface area is 217 Å². The number of phenolic OH excluding ortho intramolecular Hbond substituents is 1. The maximum atomic E-state index is 13.6. The third-order valence-corrected chi connectivity index (χ3v) is 6.15. The Bertz CT molecular complexity index is 1150. The predicted octanol–water partition coefficient (Wildman–Crippen LogP) is -1.25. The number of carboxylic acids is 2. The van der Waals surface area contributed by atoms with Gasteiger partial charge in [-0.2, -0.15) is 0 Å². The SMILES string of the molecule is NC(Cc1ccc(O)cc1)C(=O)NC(Cc1cnc[nH]1)C(=O)N1CCCC1C(=O)NC(CC(=O)O)C(=O)O. The van der Waals surface area contributed by atoms with E-state index in [0.717, 1.165) is 0 Å². The molecule has 0 aliphatic carbocycles. The Morgan fingerprint density at radius 3 is 2.39 bits per heavy atom. The van der Waals surface area contributed by atoms with Crippen LogP contribution < -0.4 is 16.4 Å². The molecule has 4 unspecified atom stereocenters. The van der Waals surface area contributed by atoms with Gasteiger partial charge >= 0.3 is 11.9 Å². The van der Waals surface area contributed by atoms with Crippen LogP contribution in [0.15, 0.2) is 36.8 Å². The van der Waals surface area contributed by atoms with E-state index < -0.39 is 60.2 Å². The fraction of sp³-hybridized carbons (Fsp3) is 0.417. The minimum atomic E-state index is -1.66. The number of rotatable bonds is 12. The molecule has 0 bridgehead atoms. The molecule has 1 saturated heterocycles. The highest BCUT2D eigenvalue weighted by molar-refractivity contribution is 5.95. The number of nitrogens with two attached hydrogens (primary N) is 1. The highest BCUT2D eigenvalue weighted by Gasteiger charge is 2.39. The summed E-state index contributed by atoms with van der Waals surface area (Å²) in [5.41, 5.74) is 7.32. The number of nitrogens with one attached hydrogen (secondary N) is 3. The molecule has 4 atom stereocenters. The van der Waals surface area contributed by atoms with E-state index in [1.165, 1.54) is 29.6 Å². The summed E-state index contributed by atoms with van der Waals surface area (Å²) in [7, 11) is 0. The van der Waals surface area contributed by atoms with Crippen molar-refractivity contribution in [1.29, 1.82) is 0 Å². The highest BCUT2D eigenvalue weighted by Crippen LogP contribution is 2.20. The maximum Gasteiger partial charge on any atom is 0.326 e. The van der Waals surface area contributed by atoms with E-state index in [0.29, 0.717) is 17.7 Å². The van der Waals surface area contributed by atoms with Crippen LogP contribution in [-0.2, 0) is 36.8 Å². The minimum Gasteiger partial charge on any atom is -0.508 e. The van der Waals surface area contributed by atoms with E-state index in [1.807, 2.05) is 0 Å². The Morgan fingerprint density at radius 1 is 1.08 bits per heavy atom. The Balaban J connectivity index is 1.73. The fourth-order valence-corrected chi connectivity index (χ4v) is 4.22. The number of likely N-dealkylation sites (tertiary alicyclic amines) is 1. The topological polar surface area (TPSA) is 228 Å². The van der Waals surface area contributed by atoms with Gasteiger partial charge in [-0.25, -0.2) is 9.78 Å². The summed E-state index contributed by atoms with van der Waals surface area (Å²) in [5, 5.41) is 32.5. The number of aliphatic carboxylic acids is 2. The van der Waals surface area contributed by atoms with Crippen LogP contribution in [0.4, 0.5) is 0 Å². The summed E-state index contributed by atoms with van der Waals surface area (Å²) < 4.78 is 0. The number of hydrogen-bond acceptors (Lipinski definition) is 8. The van der Waals surface area contributed by atoms with Gasteiger partial charge in [0.15, 0.2) is 0 Å². The van der Waals surface area contributed by atoms with E-state index >= 15 is 0 Å². The molecular formula is C24H30N6O8. The van der Waals surface area contributed by atoms with Gasteiger partial charge in [0.05, 0.1) is 18.8 Å². The van der Waals surface area contributed by atoms with Crippen molar-refractivity contribution < 1.29 is 39.3 Å². The predicted molar refractivity (Wildman–Crippen MR) is 131 cm³/mol. The normalized spacial score (nSPS) is 17.3. The molecule has 38 heavy (non-hydrogen) atoms. The average Bonchev–Trinajstić information content (AvgIpc) is 3.56. The number of carbonyl (C=O) groups excluding carboxylic acids is 3. The molecule has 14 heteroatoms. The van der Waals surface area contributed by atoms with Gasteiger partial charge in [-0.15, -0.1) is 0 Å². The number of aromatic hydroxyl groups is 1. The van der Waals surface area contributed by atoms with E-state index in [4.69, 9.17) is 10.8 Å². The zero-order valence-corrected chi connectivity index (χ0v) is 20.4. The first-order valence-electron chi connectivity index (χ1n) is 11.9. The van der Waals surface area contributed by atoms with Crippen LogP contribution in [-0.4, -0.2) is 90.6 Å². The van der Waals surface area contributed by atoms with Crippen molar-refractivity contribution >= 4 is 29.7 Å². The van der Waals surface area contributed by atoms with Crippen molar-refractivity contribution in [3.8, 4) is 5.75 Å². The zero-order chi connectivity index (χ0) is 27.8. The lowest BCUT2D eigenvalue weighted by Crippen LogP contribution is -2.57. The number of hydrogen-bond donors (Lipinski definition) is 7. The summed E-state index contributed by atoms with van der Waals surface area (Å²) in [4.78, 5) is 69.7. The van der Waals surface area contributed by atoms with Gasteiger partial charge in [0.2, 0.25) is 17.7 Å². The number of aromatic nitrogens is 2. The summed E-state index contributed by atoms with van der Waals surface area (Å²) >= 11 is 0. The molecule has 8 N–H and O–H groups in total. The maximum absolute atomic E-state index is 13.6. The molecule has 14 nitrogen and oxygen atoms in total. The molecule has 0 spiro atoms. The number of carbonyl (C=O) groups is 5. The largest absolute Gasteiger partial charge is 0.508 e. The number of amides is 3. The molecule has 1 aromatic carbocycles. The number of nitrogens with zero attached hydrogens (tertiary/aromatic N) is 2. The molecule has 2 aromatic rings. The quantitative estimate of drug-likeness (QED) is 0.172. The van der Waals surface area contributed by atoms with Gasteiger partial charge in [0.1, 0.15) is 23.9 Å². The molecule has 1 aromatic heterocycles. The minimum absolute atomic E-state index is 0.0259. The van der Waals surface area contributed by atoms with Gasteiger partial charge in [0, 0.05) is 24.9 Å². The summed E-state index contributed by atoms with van der Waals surface area (Å²) in [6.07, 6.45) is 2.94. The van der Waals surface area contributed by atoms with Gasteiger partial charge in [-0.1, -0.05) is 12.1 Å². The van der Waals surface area contributed by atoms with Gasteiger partial charge in [-0.3, -0.25) is 19.2 Å². The Kier molecular flexibility index (Phi) is 9.38. The highest BCUT2D eigenvalue weighted by atomic mass is 16.4. The van der Waals surface area contributed by atoms with Crippen LogP contribution in [0.1, 0.15) is 30.5 Å². The van der Waals surface area contributed by atoms with E-state index in [9.17, 15) is 34.2 Å². The summed E-state index contributed by atoms with van der Waals surface area (Å²) in [6.45, 7) is 0.183.